The standard InChI is InChI=1S/C31H38N2O11/c1-15(10-11-40-18-6-4-3-5-7-18)27-23(35)21(32)31(44-27)43-20-9-8-17(13-19(20)34)12-16(2)30(39)33-22-24(36)26(38)29-28(25(22)37)41-14-42-29/h3-10,12-13,21-29,31,34-38H,11,14,32H2,1-2H3,(H,33,39)/b15-10-,16-12+. The number of benzene rings is 2. The number of rotatable bonds is 9. The average molecular weight is 615 g/mol. The van der Waals surface area contributed by atoms with Crippen molar-refractivity contribution in [3.8, 4) is 17.2 Å². The number of hydrogen-bond donors (Lipinski definition) is 7. The normalized spacial score (nSPS) is 34.0. The number of phenolic OH excluding ortho intramolecular Hbond substituents is 1. The molecule has 2 heterocycles. The van der Waals surface area contributed by atoms with E-state index < -0.39 is 67.0 Å². The first-order valence-electron chi connectivity index (χ1n) is 14.2. The molecule has 1 amide bonds. The lowest BCUT2D eigenvalue weighted by Gasteiger charge is -2.41. The largest absolute Gasteiger partial charge is 0.504 e. The van der Waals surface area contributed by atoms with Crippen molar-refractivity contribution in [2.45, 2.75) is 74.9 Å². The van der Waals surface area contributed by atoms with Crippen LogP contribution < -0.4 is 20.5 Å². The number of aliphatic hydroxyl groups is 4. The topological polar surface area (TPSA) is 202 Å². The van der Waals surface area contributed by atoms with Crippen molar-refractivity contribution in [3.05, 3.63) is 71.3 Å². The molecule has 3 fully saturated rings. The highest BCUT2D eigenvalue weighted by Crippen LogP contribution is 2.34. The fraction of sp³-hybridized carbons (Fsp3) is 0.452. The van der Waals surface area contributed by atoms with E-state index in [1.165, 1.54) is 25.1 Å². The summed E-state index contributed by atoms with van der Waals surface area (Å²) in [5.41, 5.74) is 7.53. The van der Waals surface area contributed by atoms with Gasteiger partial charge in [-0.05, 0) is 61.4 Å². The number of amides is 1. The van der Waals surface area contributed by atoms with E-state index in [0.717, 1.165) is 0 Å². The fourth-order valence-corrected chi connectivity index (χ4v) is 5.45. The molecule has 13 heteroatoms. The lowest BCUT2D eigenvalue weighted by molar-refractivity contribution is -0.155. The van der Waals surface area contributed by atoms with Crippen LogP contribution in [-0.4, -0.2) is 106 Å². The van der Waals surface area contributed by atoms with Crippen molar-refractivity contribution in [2.75, 3.05) is 13.4 Å². The van der Waals surface area contributed by atoms with Gasteiger partial charge in [0.15, 0.2) is 11.5 Å². The number of nitrogens with one attached hydrogen (secondary N) is 1. The summed E-state index contributed by atoms with van der Waals surface area (Å²) >= 11 is 0. The molecular formula is C31H38N2O11. The molecular weight excluding hydrogens is 576 g/mol. The van der Waals surface area contributed by atoms with Crippen LogP contribution >= 0.6 is 0 Å². The van der Waals surface area contributed by atoms with Crippen LogP contribution in [0.25, 0.3) is 6.08 Å². The van der Waals surface area contributed by atoms with Gasteiger partial charge in [-0.1, -0.05) is 24.3 Å². The van der Waals surface area contributed by atoms with Gasteiger partial charge in [-0.2, -0.15) is 0 Å². The van der Waals surface area contributed by atoms with E-state index in [9.17, 15) is 30.3 Å². The van der Waals surface area contributed by atoms with E-state index in [-0.39, 0.29) is 30.5 Å². The van der Waals surface area contributed by atoms with Gasteiger partial charge in [0.05, 0.1) is 12.1 Å². The molecule has 0 aromatic heterocycles. The highest BCUT2D eigenvalue weighted by molar-refractivity contribution is 5.97. The molecule has 13 nitrogen and oxygen atoms in total. The number of ether oxygens (including phenoxy) is 5. The Bertz CT molecular complexity index is 1370. The fourth-order valence-electron chi connectivity index (χ4n) is 5.45. The molecule has 10 atom stereocenters. The second kappa shape index (κ2) is 13.6. The number of carbonyl (C=O) groups excluding carboxylic acids is 1. The maximum absolute atomic E-state index is 12.9. The molecule has 2 saturated heterocycles. The molecule has 238 valence electrons. The molecule has 2 aromatic rings. The number of nitrogens with two attached hydrogens (primary N) is 1. The monoisotopic (exact) mass is 614 g/mol. The van der Waals surface area contributed by atoms with Gasteiger partial charge in [0.1, 0.15) is 61.9 Å². The summed E-state index contributed by atoms with van der Waals surface area (Å²) in [6, 6.07) is 11.6. The Morgan fingerprint density at radius 1 is 1.00 bits per heavy atom. The molecule has 0 bridgehead atoms. The molecule has 2 aliphatic heterocycles. The highest BCUT2D eigenvalue weighted by atomic mass is 16.7. The predicted molar refractivity (Wildman–Crippen MR) is 155 cm³/mol. The van der Waals surface area contributed by atoms with Gasteiger partial charge >= 0.3 is 0 Å². The van der Waals surface area contributed by atoms with Gasteiger partial charge in [-0.25, -0.2) is 0 Å². The number of carbonyl (C=O) groups is 1. The van der Waals surface area contributed by atoms with E-state index in [0.29, 0.717) is 16.9 Å². The van der Waals surface area contributed by atoms with Crippen LogP contribution in [0.15, 0.2) is 65.8 Å². The second-order valence-corrected chi connectivity index (χ2v) is 11.1. The summed E-state index contributed by atoms with van der Waals surface area (Å²) in [6.45, 7) is 3.44. The third-order valence-electron chi connectivity index (χ3n) is 8.02. The minimum Gasteiger partial charge on any atom is -0.504 e. The summed E-state index contributed by atoms with van der Waals surface area (Å²) in [6.07, 6.45) is -5.49. The van der Waals surface area contributed by atoms with Gasteiger partial charge in [0, 0.05) is 5.57 Å². The third kappa shape index (κ3) is 6.75. The van der Waals surface area contributed by atoms with Gasteiger partial charge < -0.3 is 60.3 Å². The SMILES string of the molecule is C/C(=C/COc1ccccc1)C1OC(Oc2ccc(/C=C(\C)C(=O)NC3C(O)C(O)C4OCOC4C3O)cc2O)C(N)C1O. The minimum absolute atomic E-state index is 0.0578. The zero-order valence-electron chi connectivity index (χ0n) is 24.2. The Kier molecular flexibility index (Phi) is 9.87. The summed E-state index contributed by atoms with van der Waals surface area (Å²) in [5.74, 6) is -0.0982. The van der Waals surface area contributed by atoms with Crippen LogP contribution in [0, 0.1) is 0 Å². The van der Waals surface area contributed by atoms with E-state index >= 15 is 0 Å². The zero-order chi connectivity index (χ0) is 31.5. The quantitative estimate of drug-likeness (QED) is 0.147. The Morgan fingerprint density at radius 2 is 1.70 bits per heavy atom. The molecule has 0 spiro atoms. The molecule has 1 aliphatic carbocycles. The molecule has 44 heavy (non-hydrogen) atoms. The van der Waals surface area contributed by atoms with Crippen molar-refractivity contribution in [1.29, 1.82) is 0 Å². The number of aromatic hydroxyl groups is 1. The summed E-state index contributed by atoms with van der Waals surface area (Å²) < 4.78 is 27.9. The third-order valence-corrected chi connectivity index (χ3v) is 8.02. The van der Waals surface area contributed by atoms with Gasteiger partial charge in [-0.3, -0.25) is 4.79 Å². The van der Waals surface area contributed by atoms with Gasteiger partial charge in [0.25, 0.3) is 0 Å². The molecule has 3 aliphatic rings. The van der Waals surface area contributed by atoms with Crippen LogP contribution in [0.2, 0.25) is 0 Å². The number of fused-ring (bicyclic) bond motifs is 1. The van der Waals surface area contributed by atoms with Gasteiger partial charge in [0.2, 0.25) is 12.2 Å². The molecule has 8 N–H and O–H groups in total. The molecule has 10 unspecified atom stereocenters. The van der Waals surface area contributed by atoms with Crippen LogP contribution in [-0.2, 0) is 19.0 Å². The number of para-hydroxylation sites is 1. The van der Waals surface area contributed by atoms with Crippen LogP contribution in [0.3, 0.4) is 0 Å². The van der Waals surface area contributed by atoms with E-state index in [1.54, 1.807) is 19.1 Å². The number of hydrogen-bond acceptors (Lipinski definition) is 12. The Morgan fingerprint density at radius 3 is 2.41 bits per heavy atom. The highest BCUT2D eigenvalue weighted by Gasteiger charge is 2.53. The maximum atomic E-state index is 12.9. The minimum atomic E-state index is -1.48. The molecule has 2 aromatic carbocycles. The summed E-state index contributed by atoms with van der Waals surface area (Å²) in [7, 11) is 0. The van der Waals surface area contributed by atoms with Crippen molar-refractivity contribution in [1.82, 2.24) is 5.32 Å². The summed E-state index contributed by atoms with van der Waals surface area (Å²) in [5, 5.41) is 55.2. The van der Waals surface area contributed by atoms with Crippen molar-refractivity contribution in [3.63, 3.8) is 0 Å². The first-order valence-corrected chi connectivity index (χ1v) is 14.2. The predicted octanol–water partition coefficient (Wildman–Crippen LogP) is -0.0647. The first-order chi connectivity index (χ1) is 21.0. The number of phenols is 1. The van der Waals surface area contributed by atoms with E-state index in [1.807, 2.05) is 30.3 Å². The van der Waals surface area contributed by atoms with E-state index in [4.69, 9.17) is 29.4 Å². The van der Waals surface area contributed by atoms with Crippen molar-refractivity contribution in [2.24, 2.45) is 5.73 Å². The molecule has 0 radical (unpaired) electrons. The molecule has 5 rings (SSSR count). The Balaban J connectivity index is 1.18. The van der Waals surface area contributed by atoms with Crippen LogP contribution in [0.1, 0.15) is 19.4 Å². The van der Waals surface area contributed by atoms with Crippen molar-refractivity contribution < 1.29 is 54.0 Å². The summed E-state index contributed by atoms with van der Waals surface area (Å²) in [4.78, 5) is 12.9. The molecule has 1 saturated carbocycles. The zero-order valence-corrected chi connectivity index (χ0v) is 24.2. The smallest absolute Gasteiger partial charge is 0.247 e. The van der Waals surface area contributed by atoms with Crippen LogP contribution in [0.5, 0.6) is 17.2 Å². The lowest BCUT2D eigenvalue weighted by atomic mass is 9.83. The Hall–Kier alpha value is -3.53. The average Bonchev–Trinajstić information content (AvgIpc) is 3.61. The van der Waals surface area contributed by atoms with Crippen molar-refractivity contribution >= 4 is 12.0 Å². The number of aliphatic hydroxyl groups excluding tert-OH is 4. The van der Waals surface area contributed by atoms with Crippen LogP contribution in [0.4, 0.5) is 0 Å². The van der Waals surface area contributed by atoms with E-state index in [2.05, 4.69) is 5.32 Å². The lowest BCUT2D eigenvalue weighted by Crippen LogP contribution is -2.67. The Labute approximate surface area is 254 Å². The maximum Gasteiger partial charge on any atom is 0.247 e. The second-order valence-electron chi connectivity index (χ2n) is 11.1. The van der Waals surface area contributed by atoms with Gasteiger partial charge in [-0.15, -0.1) is 0 Å². The first kappa shape index (κ1) is 31.9.